The van der Waals surface area contributed by atoms with E-state index in [9.17, 15) is 0 Å². The van der Waals surface area contributed by atoms with E-state index >= 15 is 0 Å². The second kappa shape index (κ2) is 5.06. The van der Waals surface area contributed by atoms with Crippen molar-refractivity contribution < 1.29 is 0 Å². The Morgan fingerprint density at radius 2 is 1.94 bits per heavy atom. The van der Waals surface area contributed by atoms with Crippen molar-refractivity contribution in [3.05, 3.63) is 45.0 Å². The lowest BCUT2D eigenvalue weighted by molar-refractivity contribution is 1.28. The summed E-state index contributed by atoms with van der Waals surface area (Å²) in [5.74, 6) is 0.661. The normalized spacial score (nSPS) is 10.3. The maximum atomic E-state index is 5.89. The number of nitrogens with zero attached hydrogens (tertiary/aromatic N) is 1. The lowest BCUT2D eigenvalue weighted by Gasteiger charge is -2.11. The molecular weight excluding hydrogens is 346 g/mol. The van der Waals surface area contributed by atoms with Crippen LogP contribution < -0.4 is 11.1 Å². The van der Waals surface area contributed by atoms with Crippen LogP contribution in [0.2, 0.25) is 0 Å². The van der Waals surface area contributed by atoms with E-state index in [4.69, 9.17) is 5.73 Å². The number of rotatable bonds is 2. The SMILES string of the molecule is Cc1ccc(Br)cc1Nc1ncc(Br)cc1N. The van der Waals surface area contributed by atoms with Crippen molar-refractivity contribution in [3.8, 4) is 0 Å². The Hall–Kier alpha value is -1.07. The molecule has 0 amide bonds. The molecule has 5 heteroatoms. The van der Waals surface area contributed by atoms with Crippen molar-refractivity contribution in [3.63, 3.8) is 0 Å². The number of anilines is 3. The summed E-state index contributed by atoms with van der Waals surface area (Å²) in [5, 5.41) is 3.22. The molecule has 1 aromatic carbocycles. The molecule has 0 saturated carbocycles. The molecule has 88 valence electrons. The molecule has 2 rings (SSSR count). The first kappa shape index (κ1) is 12.4. The Morgan fingerprint density at radius 1 is 1.18 bits per heavy atom. The maximum absolute atomic E-state index is 5.89. The van der Waals surface area contributed by atoms with E-state index in [1.165, 1.54) is 0 Å². The number of hydrogen-bond donors (Lipinski definition) is 2. The molecule has 1 aromatic heterocycles. The Kier molecular flexibility index (Phi) is 3.69. The van der Waals surface area contributed by atoms with Gasteiger partial charge in [-0.15, -0.1) is 0 Å². The Morgan fingerprint density at radius 3 is 2.65 bits per heavy atom. The molecule has 0 radical (unpaired) electrons. The molecule has 0 atom stereocenters. The minimum absolute atomic E-state index is 0.610. The summed E-state index contributed by atoms with van der Waals surface area (Å²) in [6.45, 7) is 2.03. The molecule has 0 unspecified atom stereocenters. The zero-order valence-corrected chi connectivity index (χ0v) is 12.3. The topological polar surface area (TPSA) is 50.9 Å². The predicted octanol–water partition coefficient (Wildman–Crippen LogP) is 4.24. The first-order valence-corrected chi connectivity index (χ1v) is 6.59. The van der Waals surface area contributed by atoms with E-state index in [-0.39, 0.29) is 0 Å². The molecule has 3 N–H and O–H groups in total. The fourth-order valence-electron chi connectivity index (χ4n) is 1.42. The highest BCUT2D eigenvalue weighted by molar-refractivity contribution is 9.10. The Balaban J connectivity index is 2.34. The minimum atomic E-state index is 0.610. The van der Waals surface area contributed by atoms with E-state index in [0.717, 1.165) is 20.2 Å². The lowest BCUT2D eigenvalue weighted by Crippen LogP contribution is -2.00. The van der Waals surface area contributed by atoms with Gasteiger partial charge in [0.05, 0.1) is 5.69 Å². The molecule has 0 saturated heterocycles. The zero-order valence-electron chi connectivity index (χ0n) is 9.17. The molecule has 0 aliphatic heterocycles. The number of nitrogens with one attached hydrogen (secondary N) is 1. The number of pyridine rings is 1. The van der Waals surface area contributed by atoms with Gasteiger partial charge in [-0.3, -0.25) is 0 Å². The van der Waals surface area contributed by atoms with Crippen LogP contribution in [0.25, 0.3) is 0 Å². The van der Waals surface area contributed by atoms with Crippen molar-refractivity contribution >= 4 is 49.1 Å². The van der Waals surface area contributed by atoms with Gasteiger partial charge in [-0.05, 0) is 46.6 Å². The van der Waals surface area contributed by atoms with Gasteiger partial charge in [0.2, 0.25) is 0 Å². The molecule has 17 heavy (non-hydrogen) atoms. The summed E-state index contributed by atoms with van der Waals surface area (Å²) in [7, 11) is 0. The highest BCUT2D eigenvalue weighted by atomic mass is 79.9. The fourth-order valence-corrected chi connectivity index (χ4v) is 2.13. The average molecular weight is 357 g/mol. The lowest BCUT2D eigenvalue weighted by atomic mass is 10.2. The van der Waals surface area contributed by atoms with Crippen molar-refractivity contribution in [2.24, 2.45) is 0 Å². The number of nitrogen functional groups attached to an aromatic ring is 1. The van der Waals surface area contributed by atoms with Crippen LogP contribution in [0, 0.1) is 6.92 Å². The molecular formula is C12H11Br2N3. The van der Waals surface area contributed by atoms with Gasteiger partial charge in [0.1, 0.15) is 0 Å². The van der Waals surface area contributed by atoms with E-state index in [1.54, 1.807) is 6.20 Å². The molecule has 1 heterocycles. The summed E-state index contributed by atoms with van der Waals surface area (Å²) in [6, 6.07) is 7.85. The predicted molar refractivity (Wildman–Crippen MR) is 78.5 cm³/mol. The van der Waals surface area contributed by atoms with Crippen LogP contribution in [0.3, 0.4) is 0 Å². The molecule has 0 fully saturated rings. The number of aromatic nitrogens is 1. The summed E-state index contributed by atoms with van der Waals surface area (Å²) < 4.78 is 1.88. The van der Waals surface area contributed by atoms with Crippen molar-refractivity contribution in [2.75, 3.05) is 11.1 Å². The third kappa shape index (κ3) is 2.98. The summed E-state index contributed by atoms with van der Waals surface area (Å²) >= 11 is 6.77. The first-order valence-electron chi connectivity index (χ1n) is 5.00. The van der Waals surface area contributed by atoms with Gasteiger partial charge in [0.25, 0.3) is 0 Å². The summed E-state index contributed by atoms with van der Waals surface area (Å²) in [6.07, 6.45) is 1.71. The van der Waals surface area contributed by atoms with Gasteiger partial charge in [-0.25, -0.2) is 4.98 Å². The molecule has 0 aliphatic rings. The van der Waals surface area contributed by atoms with Gasteiger partial charge in [0, 0.05) is 20.8 Å². The van der Waals surface area contributed by atoms with Crippen molar-refractivity contribution in [2.45, 2.75) is 6.92 Å². The van der Waals surface area contributed by atoms with Crippen LogP contribution in [0.4, 0.5) is 17.2 Å². The molecule has 2 aromatic rings. The Labute approximate surface area is 117 Å². The quantitative estimate of drug-likeness (QED) is 0.846. The molecule has 3 nitrogen and oxygen atoms in total. The third-order valence-corrected chi connectivity index (χ3v) is 3.26. The molecule has 0 bridgehead atoms. The Bertz CT molecular complexity index is 555. The second-order valence-electron chi connectivity index (χ2n) is 3.68. The first-order chi connectivity index (χ1) is 8.06. The van der Waals surface area contributed by atoms with Crippen LogP contribution >= 0.6 is 31.9 Å². The van der Waals surface area contributed by atoms with Gasteiger partial charge in [0.15, 0.2) is 5.82 Å². The summed E-state index contributed by atoms with van der Waals surface area (Å²) in [4.78, 5) is 4.25. The maximum Gasteiger partial charge on any atom is 0.153 e. The van der Waals surface area contributed by atoms with Crippen LogP contribution in [-0.2, 0) is 0 Å². The highest BCUT2D eigenvalue weighted by Gasteiger charge is 2.04. The number of halogens is 2. The number of benzene rings is 1. The van der Waals surface area contributed by atoms with Crippen LogP contribution in [0.15, 0.2) is 39.4 Å². The van der Waals surface area contributed by atoms with Crippen molar-refractivity contribution in [1.29, 1.82) is 0 Å². The zero-order chi connectivity index (χ0) is 12.4. The van der Waals surface area contributed by atoms with E-state index in [1.807, 2.05) is 31.2 Å². The molecule has 0 spiro atoms. The smallest absolute Gasteiger partial charge is 0.153 e. The van der Waals surface area contributed by atoms with E-state index in [2.05, 4.69) is 42.2 Å². The number of hydrogen-bond acceptors (Lipinski definition) is 3. The minimum Gasteiger partial charge on any atom is -0.396 e. The van der Waals surface area contributed by atoms with Gasteiger partial charge >= 0.3 is 0 Å². The summed E-state index contributed by atoms with van der Waals surface area (Å²) in [5.41, 5.74) is 8.62. The number of nitrogens with two attached hydrogens (primary N) is 1. The van der Waals surface area contributed by atoms with Gasteiger partial charge < -0.3 is 11.1 Å². The fraction of sp³-hybridized carbons (Fsp3) is 0.0833. The number of aryl methyl sites for hydroxylation is 1. The van der Waals surface area contributed by atoms with E-state index < -0.39 is 0 Å². The van der Waals surface area contributed by atoms with Gasteiger partial charge in [-0.2, -0.15) is 0 Å². The largest absolute Gasteiger partial charge is 0.396 e. The van der Waals surface area contributed by atoms with Gasteiger partial charge in [-0.1, -0.05) is 22.0 Å². The molecule has 0 aliphatic carbocycles. The van der Waals surface area contributed by atoms with Crippen LogP contribution in [-0.4, -0.2) is 4.98 Å². The highest BCUT2D eigenvalue weighted by Crippen LogP contribution is 2.27. The van der Waals surface area contributed by atoms with Crippen LogP contribution in [0.5, 0.6) is 0 Å². The third-order valence-electron chi connectivity index (χ3n) is 2.34. The monoisotopic (exact) mass is 355 g/mol. The second-order valence-corrected chi connectivity index (χ2v) is 5.51. The standard InChI is InChI=1S/C12H11Br2N3/c1-7-2-3-8(13)5-11(7)17-12-10(15)4-9(14)6-16-12/h2-6H,15H2,1H3,(H,16,17). The van der Waals surface area contributed by atoms with Crippen LogP contribution in [0.1, 0.15) is 5.56 Å². The van der Waals surface area contributed by atoms with Crippen molar-refractivity contribution in [1.82, 2.24) is 4.98 Å². The average Bonchev–Trinajstić information content (AvgIpc) is 2.27. The van der Waals surface area contributed by atoms with E-state index in [0.29, 0.717) is 11.5 Å².